The van der Waals surface area contributed by atoms with Crippen molar-refractivity contribution < 1.29 is 0 Å². The van der Waals surface area contributed by atoms with Gasteiger partial charge in [-0.3, -0.25) is 0 Å². The number of hydrogen-bond donors (Lipinski definition) is 0. The highest BCUT2D eigenvalue weighted by atomic mass is 14.1. The van der Waals surface area contributed by atoms with Gasteiger partial charge < -0.3 is 0 Å². The van der Waals surface area contributed by atoms with E-state index in [2.05, 4.69) is 20.8 Å². The van der Waals surface area contributed by atoms with Crippen LogP contribution in [0, 0.1) is 5.92 Å². The molecule has 0 aliphatic carbocycles. The summed E-state index contributed by atoms with van der Waals surface area (Å²) in [5, 5.41) is 0. The van der Waals surface area contributed by atoms with Gasteiger partial charge in [0.15, 0.2) is 0 Å². The molecule has 122 valence electrons. The van der Waals surface area contributed by atoms with Crippen molar-refractivity contribution in [2.24, 2.45) is 5.92 Å². The molecule has 0 radical (unpaired) electrons. The second kappa shape index (κ2) is 17.1. The Bertz CT molecular complexity index is 161. The maximum Gasteiger partial charge on any atom is -0.0414 e. The maximum absolute atomic E-state index is 2.34. The van der Waals surface area contributed by atoms with Gasteiger partial charge in [0.25, 0.3) is 0 Å². The van der Waals surface area contributed by atoms with Crippen LogP contribution in [0.5, 0.6) is 0 Å². The molecular weight excluding hydrogens is 240 g/mol. The molecule has 0 aliphatic heterocycles. The van der Waals surface area contributed by atoms with Crippen LogP contribution in [0.1, 0.15) is 124 Å². The van der Waals surface area contributed by atoms with Gasteiger partial charge in [0.1, 0.15) is 0 Å². The van der Waals surface area contributed by atoms with Crippen LogP contribution < -0.4 is 0 Å². The predicted molar refractivity (Wildman–Crippen MR) is 94.4 cm³/mol. The lowest BCUT2D eigenvalue weighted by atomic mass is 9.90. The standard InChI is InChI=1S/C20H42/c1-4-7-10-12-14-16-19-20(17-9-6-3)18-15-13-11-8-5-2/h20H,4-19H2,1-3H3. The second-order valence-electron chi connectivity index (χ2n) is 6.77. The summed E-state index contributed by atoms with van der Waals surface area (Å²) in [4.78, 5) is 0. The van der Waals surface area contributed by atoms with Gasteiger partial charge in [-0.25, -0.2) is 0 Å². The van der Waals surface area contributed by atoms with Crippen molar-refractivity contribution >= 4 is 0 Å². The highest BCUT2D eigenvalue weighted by Gasteiger charge is 2.07. The van der Waals surface area contributed by atoms with Crippen molar-refractivity contribution in [3.05, 3.63) is 0 Å². The quantitative estimate of drug-likeness (QED) is 0.252. The maximum atomic E-state index is 2.34. The third-order valence-corrected chi connectivity index (χ3v) is 4.65. The third kappa shape index (κ3) is 14.4. The third-order valence-electron chi connectivity index (χ3n) is 4.65. The minimum Gasteiger partial charge on any atom is -0.0654 e. The zero-order chi connectivity index (χ0) is 14.9. The minimum absolute atomic E-state index is 1.04. The van der Waals surface area contributed by atoms with E-state index in [4.69, 9.17) is 0 Å². The first kappa shape index (κ1) is 20.0. The molecule has 0 saturated heterocycles. The monoisotopic (exact) mass is 282 g/mol. The number of hydrogen-bond acceptors (Lipinski definition) is 0. The van der Waals surface area contributed by atoms with Gasteiger partial charge in [-0.15, -0.1) is 0 Å². The number of rotatable bonds is 16. The molecule has 0 aliphatic rings. The largest absolute Gasteiger partial charge is 0.0654 e. The first-order chi connectivity index (χ1) is 9.85. The fourth-order valence-corrected chi connectivity index (χ4v) is 3.18. The molecule has 0 aromatic rings. The summed E-state index contributed by atoms with van der Waals surface area (Å²) < 4.78 is 0. The molecule has 0 heteroatoms. The van der Waals surface area contributed by atoms with Crippen LogP contribution in [0.25, 0.3) is 0 Å². The molecule has 0 N–H and O–H groups in total. The van der Waals surface area contributed by atoms with Gasteiger partial charge in [-0.1, -0.05) is 124 Å². The lowest BCUT2D eigenvalue weighted by Crippen LogP contribution is -2.01. The smallest absolute Gasteiger partial charge is 0.0414 e. The summed E-state index contributed by atoms with van der Waals surface area (Å²) in [7, 11) is 0. The van der Waals surface area contributed by atoms with Gasteiger partial charge in [0.05, 0.1) is 0 Å². The van der Waals surface area contributed by atoms with Crippen molar-refractivity contribution in [2.45, 2.75) is 124 Å². The highest BCUT2D eigenvalue weighted by Crippen LogP contribution is 2.23. The molecule has 0 saturated carbocycles. The van der Waals surface area contributed by atoms with E-state index < -0.39 is 0 Å². The first-order valence-corrected chi connectivity index (χ1v) is 9.85. The Morgan fingerprint density at radius 1 is 0.400 bits per heavy atom. The zero-order valence-electron chi connectivity index (χ0n) is 14.9. The molecule has 0 aromatic carbocycles. The van der Waals surface area contributed by atoms with E-state index in [-0.39, 0.29) is 0 Å². The molecule has 1 atom stereocenters. The average Bonchev–Trinajstić information content (AvgIpc) is 2.47. The lowest BCUT2D eigenvalue weighted by molar-refractivity contribution is 0.371. The SMILES string of the molecule is CCCCCCCCC(CCCC)CCCCCCC. The fourth-order valence-electron chi connectivity index (χ4n) is 3.18. The van der Waals surface area contributed by atoms with Crippen molar-refractivity contribution in [3.63, 3.8) is 0 Å². The van der Waals surface area contributed by atoms with E-state index in [9.17, 15) is 0 Å². The van der Waals surface area contributed by atoms with Gasteiger partial charge >= 0.3 is 0 Å². The Morgan fingerprint density at radius 2 is 0.750 bits per heavy atom. The topological polar surface area (TPSA) is 0 Å². The molecule has 0 fully saturated rings. The zero-order valence-corrected chi connectivity index (χ0v) is 14.9. The van der Waals surface area contributed by atoms with Crippen molar-refractivity contribution in [2.75, 3.05) is 0 Å². The molecule has 0 rings (SSSR count). The van der Waals surface area contributed by atoms with Crippen LogP contribution in [0.4, 0.5) is 0 Å². The molecular formula is C20H42. The van der Waals surface area contributed by atoms with E-state index in [0.717, 1.165) is 5.92 Å². The minimum atomic E-state index is 1.04. The van der Waals surface area contributed by atoms with Crippen LogP contribution in [0.3, 0.4) is 0 Å². The molecule has 0 amide bonds. The number of unbranched alkanes of at least 4 members (excludes halogenated alkanes) is 10. The Hall–Kier alpha value is 0. The highest BCUT2D eigenvalue weighted by molar-refractivity contribution is 4.61. The van der Waals surface area contributed by atoms with E-state index in [1.807, 2.05) is 0 Å². The van der Waals surface area contributed by atoms with Crippen LogP contribution in [-0.4, -0.2) is 0 Å². The van der Waals surface area contributed by atoms with Crippen LogP contribution in [0.2, 0.25) is 0 Å². The summed E-state index contributed by atoms with van der Waals surface area (Å²) in [6, 6.07) is 0. The van der Waals surface area contributed by atoms with Crippen LogP contribution in [0.15, 0.2) is 0 Å². The van der Waals surface area contributed by atoms with Gasteiger partial charge in [0, 0.05) is 0 Å². The van der Waals surface area contributed by atoms with Gasteiger partial charge in [-0.2, -0.15) is 0 Å². The van der Waals surface area contributed by atoms with Crippen LogP contribution >= 0.6 is 0 Å². The van der Waals surface area contributed by atoms with E-state index in [0.29, 0.717) is 0 Å². The van der Waals surface area contributed by atoms with E-state index >= 15 is 0 Å². The summed E-state index contributed by atoms with van der Waals surface area (Å²) in [6.45, 7) is 6.95. The normalized spacial score (nSPS) is 12.8. The summed E-state index contributed by atoms with van der Waals surface area (Å²) in [5.41, 5.74) is 0. The van der Waals surface area contributed by atoms with Crippen molar-refractivity contribution in [1.82, 2.24) is 0 Å². The molecule has 0 nitrogen and oxygen atoms in total. The average molecular weight is 283 g/mol. The van der Waals surface area contributed by atoms with Crippen LogP contribution in [-0.2, 0) is 0 Å². The molecule has 0 spiro atoms. The summed E-state index contributed by atoms with van der Waals surface area (Å²) in [6.07, 6.45) is 23.3. The summed E-state index contributed by atoms with van der Waals surface area (Å²) in [5.74, 6) is 1.04. The Morgan fingerprint density at radius 3 is 1.20 bits per heavy atom. The first-order valence-electron chi connectivity index (χ1n) is 9.85. The summed E-state index contributed by atoms with van der Waals surface area (Å²) >= 11 is 0. The fraction of sp³-hybridized carbons (Fsp3) is 1.00. The Kier molecular flexibility index (Phi) is 17.1. The van der Waals surface area contributed by atoms with Gasteiger partial charge in [0.2, 0.25) is 0 Å². The molecule has 20 heavy (non-hydrogen) atoms. The Labute approximate surface area is 130 Å². The van der Waals surface area contributed by atoms with Gasteiger partial charge in [-0.05, 0) is 5.92 Å². The van der Waals surface area contributed by atoms with Crippen molar-refractivity contribution in [1.29, 1.82) is 0 Å². The molecule has 0 heterocycles. The second-order valence-corrected chi connectivity index (χ2v) is 6.77. The van der Waals surface area contributed by atoms with E-state index in [1.54, 1.807) is 0 Å². The van der Waals surface area contributed by atoms with E-state index in [1.165, 1.54) is 103 Å². The lowest BCUT2D eigenvalue weighted by Gasteiger charge is -2.16. The Balaban J connectivity index is 3.56. The van der Waals surface area contributed by atoms with Crippen molar-refractivity contribution in [3.8, 4) is 0 Å². The molecule has 1 unspecified atom stereocenters. The predicted octanol–water partition coefficient (Wildman–Crippen LogP) is 7.90. The molecule has 0 bridgehead atoms. The molecule has 0 aromatic heterocycles.